The number of hydrogen-bond acceptors (Lipinski definition) is 4. The molecule has 1 aromatic rings. The Hall–Kier alpha value is -1.56. The Balaban J connectivity index is 2.79. The highest BCUT2D eigenvalue weighted by molar-refractivity contribution is 6.19. The molecule has 0 radical (unpaired) electrons. The summed E-state index contributed by atoms with van der Waals surface area (Å²) in [7, 11) is 0. The number of amides is 2. The molecule has 0 unspecified atom stereocenters. The quantitative estimate of drug-likeness (QED) is 0.568. The number of hydrogen-bond donors (Lipinski definition) is 1. The van der Waals surface area contributed by atoms with Crippen molar-refractivity contribution in [3.05, 3.63) is 17.8 Å². The summed E-state index contributed by atoms with van der Waals surface area (Å²) >= 11 is 5.97. The average molecular weight is 400 g/mol. The van der Waals surface area contributed by atoms with E-state index in [1.807, 2.05) is 13.8 Å². The van der Waals surface area contributed by atoms with Gasteiger partial charge in [-0.05, 0) is 38.5 Å². The number of nitrogens with one attached hydrogen (secondary N) is 1. The number of oxazole rings is 1. The number of halogens is 1. The summed E-state index contributed by atoms with van der Waals surface area (Å²) in [5.74, 6) is 1.27. The average Bonchev–Trinajstić information content (AvgIpc) is 3.06. The van der Waals surface area contributed by atoms with Crippen LogP contribution >= 0.6 is 11.6 Å². The van der Waals surface area contributed by atoms with Crippen LogP contribution in [0.15, 0.2) is 10.7 Å². The normalized spacial score (nSPS) is 11.9. The summed E-state index contributed by atoms with van der Waals surface area (Å²) in [6.45, 7) is 13.5. The van der Waals surface area contributed by atoms with Gasteiger partial charge in [0.1, 0.15) is 6.26 Å². The van der Waals surface area contributed by atoms with Gasteiger partial charge in [-0.25, -0.2) is 4.98 Å². The van der Waals surface area contributed by atoms with Gasteiger partial charge in [-0.2, -0.15) is 0 Å². The molecular weight excluding hydrogens is 366 g/mol. The molecule has 1 rings (SSSR count). The maximum Gasteiger partial charge on any atom is 0.273 e. The van der Waals surface area contributed by atoms with Crippen molar-refractivity contribution >= 4 is 23.4 Å². The van der Waals surface area contributed by atoms with Crippen LogP contribution in [0.1, 0.15) is 70.8 Å². The van der Waals surface area contributed by atoms with Gasteiger partial charge in [0, 0.05) is 19.0 Å². The fourth-order valence-electron chi connectivity index (χ4n) is 2.37. The maximum absolute atomic E-state index is 12.9. The molecule has 7 heteroatoms. The Morgan fingerprint density at radius 3 is 2.41 bits per heavy atom. The van der Waals surface area contributed by atoms with Crippen LogP contribution in [-0.2, 0) is 11.3 Å². The number of carbonyl (C=O) groups is 2. The predicted molar refractivity (Wildman–Crippen MR) is 108 cm³/mol. The van der Waals surface area contributed by atoms with Crippen molar-refractivity contribution in [1.29, 1.82) is 0 Å². The summed E-state index contributed by atoms with van der Waals surface area (Å²) in [6, 6.07) is 0. The predicted octanol–water partition coefficient (Wildman–Crippen LogP) is 4.09. The van der Waals surface area contributed by atoms with Crippen molar-refractivity contribution in [3.63, 3.8) is 0 Å². The Kier molecular flexibility index (Phi) is 9.30. The highest BCUT2D eigenvalue weighted by Crippen LogP contribution is 2.23. The zero-order chi connectivity index (χ0) is 20.6. The summed E-state index contributed by atoms with van der Waals surface area (Å²) in [5, 5.41) is 2.83. The van der Waals surface area contributed by atoms with Crippen molar-refractivity contribution in [1.82, 2.24) is 15.2 Å². The van der Waals surface area contributed by atoms with Crippen LogP contribution in [0.3, 0.4) is 0 Å². The highest BCUT2D eigenvalue weighted by Gasteiger charge is 2.32. The number of carbonyl (C=O) groups excluding carboxylic acids is 2. The molecule has 0 spiro atoms. The van der Waals surface area contributed by atoms with Gasteiger partial charge in [0.05, 0.1) is 12.0 Å². The number of nitrogens with zero attached hydrogens (tertiary/aromatic N) is 2. The molecule has 0 bridgehead atoms. The Morgan fingerprint density at radius 1 is 1.22 bits per heavy atom. The van der Waals surface area contributed by atoms with Crippen molar-refractivity contribution < 1.29 is 14.0 Å². The Bertz CT molecular complexity index is 611. The van der Waals surface area contributed by atoms with E-state index in [1.54, 1.807) is 4.90 Å². The zero-order valence-corrected chi connectivity index (χ0v) is 18.2. The molecule has 2 amide bonds. The molecule has 0 saturated carbocycles. The lowest BCUT2D eigenvalue weighted by Crippen LogP contribution is -2.42. The van der Waals surface area contributed by atoms with Crippen LogP contribution in [-0.4, -0.2) is 40.7 Å². The van der Waals surface area contributed by atoms with E-state index in [1.165, 1.54) is 6.26 Å². The van der Waals surface area contributed by atoms with Gasteiger partial charge in [0.15, 0.2) is 5.69 Å². The second kappa shape index (κ2) is 10.7. The van der Waals surface area contributed by atoms with E-state index in [0.29, 0.717) is 30.8 Å². The van der Waals surface area contributed by atoms with Gasteiger partial charge in [0.2, 0.25) is 11.8 Å². The van der Waals surface area contributed by atoms with Gasteiger partial charge < -0.3 is 14.6 Å². The third kappa shape index (κ3) is 7.91. The minimum absolute atomic E-state index is 0.0423. The van der Waals surface area contributed by atoms with Crippen molar-refractivity contribution in [3.8, 4) is 0 Å². The van der Waals surface area contributed by atoms with E-state index < -0.39 is 5.41 Å². The molecule has 0 fully saturated rings. The SMILES string of the molecule is CC(C)CCNC(=O)c1coc(CN(CCC(C)C)C(=O)C(C)(C)CCl)n1. The van der Waals surface area contributed by atoms with E-state index in [0.717, 1.165) is 12.8 Å². The van der Waals surface area contributed by atoms with Crippen molar-refractivity contribution in [2.75, 3.05) is 19.0 Å². The summed E-state index contributed by atoms with van der Waals surface area (Å²) < 4.78 is 5.45. The molecule has 1 aromatic heterocycles. The molecule has 0 aliphatic carbocycles. The van der Waals surface area contributed by atoms with E-state index >= 15 is 0 Å². The Morgan fingerprint density at radius 2 is 1.85 bits per heavy atom. The van der Waals surface area contributed by atoms with Gasteiger partial charge in [0.25, 0.3) is 5.91 Å². The lowest BCUT2D eigenvalue weighted by atomic mass is 9.94. The van der Waals surface area contributed by atoms with Gasteiger partial charge in [-0.15, -0.1) is 11.6 Å². The summed E-state index contributed by atoms with van der Waals surface area (Å²) in [4.78, 5) is 31.0. The summed E-state index contributed by atoms with van der Waals surface area (Å²) in [6.07, 6.45) is 3.12. The van der Waals surface area contributed by atoms with Crippen molar-refractivity contribution in [2.24, 2.45) is 17.3 Å². The minimum atomic E-state index is -0.665. The topological polar surface area (TPSA) is 75.4 Å². The standard InChI is InChI=1S/C20H34ClN3O3/c1-14(2)7-9-22-18(25)16-12-27-17(23-16)11-24(10-8-15(3)4)19(26)20(5,6)13-21/h12,14-15H,7-11,13H2,1-6H3,(H,22,25). The second-order valence-electron chi connectivity index (χ2n) is 8.49. The minimum Gasteiger partial charge on any atom is -0.446 e. The fourth-order valence-corrected chi connectivity index (χ4v) is 2.48. The smallest absolute Gasteiger partial charge is 0.273 e. The van der Waals surface area contributed by atoms with Crippen LogP contribution in [0.2, 0.25) is 0 Å². The van der Waals surface area contributed by atoms with E-state index in [9.17, 15) is 9.59 Å². The first-order chi connectivity index (χ1) is 12.6. The largest absolute Gasteiger partial charge is 0.446 e. The third-order valence-corrected chi connectivity index (χ3v) is 4.96. The molecular formula is C20H34ClN3O3. The van der Waals surface area contributed by atoms with Crippen LogP contribution in [0, 0.1) is 17.3 Å². The monoisotopic (exact) mass is 399 g/mol. The van der Waals surface area contributed by atoms with E-state index in [2.05, 4.69) is 38.0 Å². The molecule has 0 saturated heterocycles. The molecule has 0 aromatic carbocycles. The van der Waals surface area contributed by atoms with Crippen molar-refractivity contribution in [2.45, 2.75) is 60.9 Å². The third-order valence-electron chi connectivity index (χ3n) is 4.29. The molecule has 0 aliphatic rings. The van der Waals surface area contributed by atoms with Crippen LogP contribution in [0.4, 0.5) is 0 Å². The lowest BCUT2D eigenvalue weighted by Gasteiger charge is -2.30. The first-order valence-corrected chi connectivity index (χ1v) is 10.2. The number of aromatic nitrogens is 1. The molecule has 0 aliphatic heterocycles. The van der Waals surface area contributed by atoms with Gasteiger partial charge in [-0.1, -0.05) is 27.7 Å². The Labute approximate surface area is 168 Å². The molecule has 1 heterocycles. The fraction of sp³-hybridized carbons (Fsp3) is 0.750. The molecule has 27 heavy (non-hydrogen) atoms. The number of rotatable bonds is 11. The first-order valence-electron chi connectivity index (χ1n) is 9.64. The van der Waals surface area contributed by atoms with Crippen LogP contribution in [0.25, 0.3) is 0 Å². The molecule has 154 valence electrons. The molecule has 1 N–H and O–H groups in total. The first kappa shape index (κ1) is 23.5. The highest BCUT2D eigenvalue weighted by atomic mass is 35.5. The van der Waals surface area contributed by atoms with Gasteiger partial charge in [-0.3, -0.25) is 9.59 Å². The zero-order valence-electron chi connectivity index (χ0n) is 17.5. The molecule has 0 atom stereocenters. The van der Waals surface area contributed by atoms with Crippen LogP contribution < -0.4 is 5.32 Å². The molecule has 6 nitrogen and oxygen atoms in total. The summed E-state index contributed by atoms with van der Waals surface area (Å²) in [5.41, 5.74) is -0.427. The lowest BCUT2D eigenvalue weighted by molar-refractivity contribution is -0.140. The van der Waals surface area contributed by atoms with E-state index in [-0.39, 0.29) is 29.9 Å². The maximum atomic E-state index is 12.9. The second-order valence-corrected chi connectivity index (χ2v) is 8.76. The number of alkyl halides is 1. The van der Waals surface area contributed by atoms with Gasteiger partial charge >= 0.3 is 0 Å². The van der Waals surface area contributed by atoms with E-state index in [4.69, 9.17) is 16.0 Å². The van der Waals surface area contributed by atoms with Crippen LogP contribution in [0.5, 0.6) is 0 Å².